The first kappa shape index (κ1) is 20.7. The first-order valence-corrected chi connectivity index (χ1v) is 11.5. The molecule has 2 aromatic rings. The molecule has 0 N–H and O–H groups in total. The van der Waals surface area contributed by atoms with Gasteiger partial charge in [-0.25, -0.2) is 4.79 Å². The summed E-state index contributed by atoms with van der Waals surface area (Å²) in [5.74, 6) is -0.0479. The summed E-state index contributed by atoms with van der Waals surface area (Å²) in [6, 6.07) is 5.96. The predicted octanol–water partition coefficient (Wildman–Crippen LogP) is 3.00. The number of amides is 2. The van der Waals surface area contributed by atoms with E-state index in [9.17, 15) is 9.59 Å². The molecule has 1 saturated carbocycles. The van der Waals surface area contributed by atoms with Gasteiger partial charge in [-0.1, -0.05) is 6.07 Å². The molecule has 1 aliphatic carbocycles. The molecule has 1 aromatic carbocycles. The van der Waals surface area contributed by atoms with Gasteiger partial charge in [-0.2, -0.15) is 5.10 Å². The quantitative estimate of drug-likeness (QED) is 0.712. The van der Waals surface area contributed by atoms with E-state index in [0.29, 0.717) is 25.4 Å². The Bertz CT molecular complexity index is 1100. The maximum absolute atomic E-state index is 13.2. The van der Waals surface area contributed by atoms with Crippen LogP contribution in [0.25, 0.3) is 11.1 Å². The van der Waals surface area contributed by atoms with Gasteiger partial charge in [0.1, 0.15) is 6.10 Å². The molecule has 2 amide bonds. The third kappa shape index (κ3) is 3.41. The zero-order valence-electron chi connectivity index (χ0n) is 18.9. The van der Waals surface area contributed by atoms with Crippen LogP contribution in [-0.4, -0.2) is 66.9 Å². The maximum Gasteiger partial charge on any atom is 0.414 e. The summed E-state index contributed by atoms with van der Waals surface area (Å²) in [4.78, 5) is 29.1. The topological polar surface area (TPSA) is 86.1 Å². The highest BCUT2D eigenvalue weighted by Crippen LogP contribution is 2.48. The lowest BCUT2D eigenvalue weighted by atomic mass is 9.65. The minimum absolute atomic E-state index is 0.0479. The van der Waals surface area contributed by atoms with Crippen LogP contribution in [0, 0.1) is 5.41 Å². The van der Waals surface area contributed by atoms with E-state index in [1.807, 2.05) is 42.2 Å². The standard InChI is InChI=1S/C24H28N4O5/c1-15-9-26(23(30)33-20-6-24(7-20)13-32-14-24)22-5-17(3-4-21(22)28(15)16(2)29)18-8-25-27(10-18)19-11-31-12-19/h3-5,8,10,15,19-20H,6-7,9,11-14H2,1-2H3/t15-/m0/s1. The number of nitrogens with zero attached hydrogens (tertiary/aromatic N) is 4. The van der Waals surface area contributed by atoms with Crippen molar-refractivity contribution >= 4 is 23.4 Å². The van der Waals surface area contributed by atoms with Gasteiger partial charge >= 0.3 is 6.09 Å². The van der Waals surface area contributed by atoms with Crippen molar-refractivity contribution in [3.63, 3.8) is 0 Å². The SMILES string of the molecule is CC(=O)N1c2ccc(-c3cnn(C4COC4)c3)cc2N(C(=O)OC2CC3(COC3)C2)C[C@@H]1C. The molecule has 3 aliphatic heterocycles. The van der Waals surface area contributed by atoms with Gasteiger partial charge in [0.15, 0.2) is 0 Å². The molecule has 0 radical (unpaired) electrons. The second-order valence-corrected chi connectivity index (χ2v) is 9.86. The van der Waals surface area contributed by atoms with Crippen LogP contribution in [0.4, 0.5) is 16.2 Å². The molecule has 4 heterocycles. The Labute approximate surface area is 192 Å². The molecular formula is C24H28N4O5. The Morgan fingerprint density at radius 2 is 1.91 bits per heavy atom. The number of rotatable bonds is 3. The fourth-order valence-electron chi connectivity index (χ4n) is 5.34. The number of carbonyl (C=O) groups excluding carboxylic acids is 2. The molecule has 1 aromatic heterocycles. The molecule has 0 bridgehead atoms. The third-order valence-corrected chi connectivity index (χ3v) is 7.31. The van der Waals surface area contributed by atoms with Crippen molar-refractivity contribution in [1.82, 2.24) is 9.78 Å². The summed E-state index contributed by atoms with van der Waals surface area (Å²) in [6.07, 6.45) is 5.12. The molecular weight excluding hydrogens is 424 g/mol. The van der Waals surface area contributed by atoms with Crippen LogP contribution in [0.2, 0.25) is 0 Å². The zero-order chi connectivity index (χ0) is 22.7. The van der Waals surface area contributed by atoms with Gasteiger partial charge < -0.3 is 19.1 Å². The fraction of sp³-hybridized carbons (Fsp3) is 0.542. The van der Waals surface area contributed by atoms with E-state index in [1.54, 1.807) is 16.7 Å². The van der Waals surface area contributed by atoms with Gasteiger partial charge in [-0.3, -0.25) is 14.4 Å². The minimum atomic E-state index is -0.356. The van der Waals surface area contributed by atoms with Crippen molar-refractivity contribution in [2.45, 2.75) is 44.9 Å². The van der Waals surface area contributed by atoms with Crippen LogP contribution < -0.4 is 9.80 Å². The van der Waals surface area contributed by atoms with E-state index >= 15 is 0 Å². The van der Waals surface area contributed by atoms with Crippen LogP contribution in [0.5, 0.6) is 0 Å². The average Bonchev–Trinajstić information content (AvgIpc) is 3.15. The van der Waals surface area contributed by atoms with Gasteiger partial charge in [0.2, 0.25) is 5.91 Å². The van der Waals surface area contributed by atoms with Gasteiger partial charge in [-0.15, -0.1) is 0 Å². The van der Waals surface area contributed by atoms with Gasteiger partial charge in [0.05, 0.1) is 56.1 Å². The largest absolute Gasteiger partial charge is 0.446 e. The molecule has 6 rings (SSSR count). The van der Waals surface area contributed by atoms with Crippen LogP contribution in [-0.2, 0) is 19.0 Å². The number of hydrogen-bond donors (Lipinski definition) is 0. The summed E-state index contributed by atoms with van der Waals surface area (Å²) in [5.41, 5.74) is 3.52. The number of aromatic nitrogens is 2. The lowest BCUT2D eigenvalue weighted by Gasteiger charge is -2.52. The Morgan fingerprint density at radius 3 is 2.55 bits per heavy atom. The number of carbonyl (C=O) groups is 2. The highest BCUT2D eigenvalue weighted by atomic mass is 16.6. The second-order valence-electron chi connectivity index (χ2n) is 9.86. The van der Waals surface area contributed by atoms with Crippen molar-refractivity contribution < 1.29 is 23.8 Å². The highest BCUT2D eigenvalue weighted by molar-refractivity contribution is 6.03. The maximum atomic E-state index is 13.2. The van der Waals surface area contributed by atoms with Crippen molar-refractivity contribution in [3.05, 3.63) is 30.6 Å². The molecule has 3 fully saturated rings. The Balaban J connectivity index is 1.29. The van der Waals surface area contributed by atoms with E-state index in [4.69, 9.17) is 14.2 Å². The van der Waals surface area contributed by atoms with Crippen molar-refractivity contribution in [3.8, 4) is 11.1 Å². The van der Waals surface area contributed by atoms with E-state index in [-0.39, 0.29) is 35.6 Å². The molecule has 0 unspecified atom stereocenters. The van der Waals surface area contributed by atoms with E-state index in [1.165, 1.54) is 0 Å². The molecule has 1 atom stereocenters. The minimum Gasteiger partial charge on any atom is -0.446 e. The first-order valence-electron chi connectivity index (χ1n) is 11.5. The van der Waals surface area contributed by atoms with Crippen LogP contribution in [0.3, 0.4) is 0 Å². The monoisotopic (exact) mass is 452 g/mol. The van der Waals surface area contributed by atoms with Crippen molar-refractivity contribution in [2.75, 3.05) is 42.8 Å². The molecule has 9 nitrogen and oxygen atoms in total. The summed E-state index contributed by atoms with van der Waals surface area (Å²) in [6.45, 7) is 6.77. The third-order valence-electron chi connectivity index (χ3n) is 7.31. The highest BCUT2D eigenvalue weighted by Gasteiger charge is 2.52. The normalized spacial score (nSPS) is 24.0. The zero-order valence-corrected chi connectivity index (χ0v) is 18.9. The van der Waals surface area contributed by atoms with Crippen LogP contribution in [0.15, 0.2) is 30.6 Å². The number of hydrogen-bond acceptors (Lipinski definition) is 6. The van der Waals surface area contributed by atoms with Gasteiger partial charge in [0, 0.05) is 30.6 Å². The number of fused-ring (bicyclic) bond motifs is 1. The molecule has 2 saturated heterocycles. The first-order chi connectivity index (χ1) is 15.9. The Hall–Kier alpha value is -2.91. The van der Waals surface area contributed by atoms with Crippen LogP contribution in [0.1, 0.15) is 32.7 Å². The molecule has 9 heteroatoms. The fourth-order valence-corrected chi connectivity index (χ4v) is 5.34. The summed E-state index contributed by atoms with van der Waals surface area (Å²) in [5, 5.41) is 4.48. The molecule has 4 aliphatic rings. The Morgan fingerprint density at radius 1 is 1.12 bits per heavy atom. The molecule has 174 valence electrons. The lowest BCUT2D eigenvalue weighted by Crippen LogP contribution is -2.57. The summed E-state index contributed by atoms with van der Waals surface area (Å²) in [7, 11) is 0. The van der Waals surface area contributed by atoms with E-state index < -0.39 is 0 Å². The number of benzene rings is 1. The van der Waals surface area contributed by atoms with Gasteiger partial charge in [-0.05, 0) is 37.5 Å². The average molecular weight is 453 g/mol. The van der Waals surface area contributed by atoms with Crippen molar-refractivity contribution in [1.29, 1.82) is 0 Å². The molecule has 33 heavy (non-hydrogen) atoms. The predicted molar refractivity (Wildman–Crippen MR) is 120 cm³/mol. The summed E-state index contributed by atoms with van der Waals surface area (Å²) >= 11 is 0. The van der Waals surface area contributed by atoms with Crippen molar-refractivity contribution in [2.24, 2.45) is 5.41 Å². The van der Waals surface area contributed by atoms with Gasteiger partial charge in [0.25, 0.3) is 0 Å². The molecule has 1 spiro atoms. The number of anilines is 2. The lowest BCUT2D eigenvalue weighted by molar-refractivity contribution is -0.196. The summed E-state index contributed by atoms with van der Waals surface area (Å²) < 4.78 is 18.4. The van der Waals surface area contributed by atoms with Crippen LogP contribution >= 0.6 is 0 Å². The van der Waals surface area contributed by atoms with E-state index in [0.717, 1.165) is 42.9 Å². The smallest absolute Gasteiger partial charge is 0.414 e. The number of ether oxygens (including phenoxy) is 3. The Kier molecular flexibility index (Phi) is 4.74. The second kappa shape index (κ2) is 7.56. The van der Waals surface area contributed by atoms with E-state index in [2.05, 4.69) is 5.10 Å².